The summed E-state index contributed by atoms with van der Waals surface area (Å²) in [6.45, 7) is 3.53. The number of phenolic OH excluding ortho intramolecular Hbond substituents is 1. The molecule has 0 radical (unpaired) electrons. The van der Waals surface area contributed by atoms with Crippen LogP contribution in [-0.2, 0) is 24.6 Å². The highest BCUT2D eigenvalue weighted by atomic mass is 35.5. The Kier molecular flexibility index (Phi) is 8.14. The van der Waals surface area contributed by atoms with Crippen molar-refractivity contribution in [3.05, 3.63) is 130 Å². The van der Waals surface area contributed by atoms with Gasteiger partial charge in [-0.15, -0.1) is 0 Å². The molecule has 4 amide bonds. The van der Waals surface area contributed by atoms with Gasteiger partial charge in [-0.2, -0.15) is 0 Å². The van der Waals surface area contributed by atoms with Crippen LogP contribution in [-0.4, -0.2) is 41.1 Å². The fourth-order valence-electron chi connectivity index (χ4n) is 9.20. The zero-order chi connectivity index (χ0) is 36.5. The number of ether oxygens (including phenoxy) is 1. The monoisotopic (exact) mass is 714 g/mol. The smallest absolute Gasteiger partial charge is 0.246 e. The first-order valence-electron chi connectivity index (χ1n) is 17.4. The highest BCUT2D eigenvalue weighted by Gasteiger charge is 2.70. The molecule has 0 aromatic heterocycles. The molecule has 0 bridgehead atoms. The van der Waals surface area contributed by atoms with E-state index in [4.69, 9.17) is 16.3 Å². The third kappa shape index (κ3) is 4.86. The van der Waals surface area contributed by atoms with Crippen LogP contribution in [0.1, 0.15) is 54.1 Å². The van der Waals surface area contributed by atoms with Crippen molar-refractivity contribution in [3.63, 3.8) is 0 Å². The van der Waals surface area contributed by atoms with Gasteiger partial charge in [-0.1, -0.05) is 65.7 Å². The second-order valence-electron chi connectivity index (χ2n) is 13.9. The zero-order valence-corrected chi connectivity index (χ0v) is 29.2. The van der Waals surface area contributed by atoms with Gasteiger partial charge in [-0.05, 0) is 98.3 Å². The summed E-state index contributed by atoms with van der Waals surface area (Å²) in [4.78, 5) is 73.3. The highest BCUT2D eigenvalue weighted by Crippen LogP contribution is 2.65. The van der Waals surface area contributed by atoms with Crippen molar-refractivity contribution in [2.24, 2.45) is 23.7 Å². The topological polar surface area (TPSA) is 121 Å². The van der Waals surface area contributed by atoms with E-state index in [9.17, 15) is 24.3 Å². The Morgan fingerprint density at radius 2 is 1.60 bits per heavy atom. The molecule has 0 spiro atoms. The second kappa shape index (κ2) is 12.6. The first-order chi connectivity index (χ1) is 25.1. The standard InChI is InChI=1S/C42H35ClN2O7/c1-3-52-35-20-25(14-19-34(35)47)37-30-17-18-31-36(40(50)44(38(31)48)28-15-12-24(13-16-28)23(2)46)32(30)22-33-39(49)45(29-11-7-10-27(43)21-29)41(51)42(33,37)26-8-5-4-6-9-26/h4-17,19-21,31-33,36-37,47H,3,18,22H2,1-2H3. The van der Waals surface area contributed by atoms with Gasteiger partial charge in [0.25, 0.3) is 0 Å². The molecule has 9 nitrogen and oxygen atoms in total. The van der Waals surface area contributed by atoms with Gasteiger partial charge in [-0.25, -0.2) is 4.90 Å². The molecule has 1 N–H and O–H groups in total. The minimum Gasteiger partial charge on any atom is -0.504 e. The average molecular weight is 715 g/mol. The number of rotatable bonds is 7. The molecule has 6 unspecified atom stereocenters. The normalized spacial score (nSPS) is 26.5. The molecular weight excluding hydrogens is 680 g/mol. The number of aromatic hydroxyl groups is 1. The van der Waals surface area contributed by atoms with E-state index in [1.54, 1.807) is 67.6 Å². The molecule has 4 aromatic carbocycles. The highest BCUT2D eigenvalue weighted by molar-refractivity contribution is 6.32. The van der Waals surface area contributed by atoms with Crippen LogP contribution in [0.15, 0.2) is 109 Å². The lowest BCUT2D eigenvalue weighted by Gasteiger charge is -2.50. The average Bonchev–Trinajstić information content (AvgIpc) is 3.53. The van der Waals surface area contributed by atoms with Crippen LogP contribution < -0.4 is 14.5 Å². The number of anilines is 2. The maximum absolute atomic E-state index is 15.4. The molecule has 2 heterocycles. The van der Waals surface area contributed by atoms with Crippen molar-refractivity contribution in [2.75, 3.05) is 16.4 Å². The van der Waals surface area contributed by atoms with Gasteiger partial charge in [0.15, 0.2) is 17.3 Å². The van der Waals surface area contributed by atoms with Crippen molar-refractivity contribution in [3.8, 4) is 11.5 Å². The number of halogens is 1. The van der Waals surface area contributed by atoms with Gasteiger partial charge in [0.2, 0.25) is 23.6 Å². The van der Waals surface area contributed by atoms with Gasteiger partial charge >= 0.3 is 0 Å². The summed E-state index contributed by atoms with van der Waals surface area (Å²) in [6.07, 6.45) is 2.39. The zero-order valence-electron chi connectivity index (χ0n) is 28.5. The predicted octanol–water partition coefficient (Wildman–Crippen LogP) is 7.01. The maximum atomic E-state index is 15.4. The van der Waals surface area contributed by atoms with Crippen molar-refractivity contribution < 1.29 is 33.8 Å². The number of Topliss-reactive ketones (excluding diaryl/α,β-unsaturated/α-hetero) is 1. The number of amides is 4. The number of nitrogens with zero attached hydrogens (tertiary/aromatic N) is 2. The Balaban J connectivity index is 1.33. The van der Waals surface area contributed by atoms with Crippen LogP contribution in [0, 0.1) is 23.7 Å². The second-order valence-corrected chi connectivity index (χ2v) is 14.3. The Bertz CT molecular complexity index is 2200. The van der Waals surface area contributed by atoms with Crippen LogP contribution in [0.25, 0.3) is 0 Å². The summed E-state index contributed by atoms with van der Waals surface area (Å²) < 4.78 is 5.82. The summed E-state index contributed by atoms with van der Waals surface area (Å²) in [5.41, 5.74) is 1.79. The number of carbonyl (C=O) groups is 5. The molecule has 262 valence electrons. The molecule has 52 heavy (non-hydrogen) atoms. The molecular formula is C42H35ClN2O7. The van der Waals surface area contributed by atoms with E-state index in [0.717, 1.165) is 5.57 Å². The van der Waals surface area contributed by atoms with E-state index < -0.39 is 46.8 Å². The number of benzene rings is 4. The first-order valence-corrected chi connectivity index (χ1v) is 17.8. The number of ketones is 1. The SMILES string of the molecule is CCOc1cc(C2C3=CCC4C(=O)N(c5ccc(C(C)=O)cc5)C(=O)C4C3CC3C(=O)N(c4cccc(Cl)c4)C(=O)C32c2ccccc2)ccc1O. The molecule has 8 rings (SSSR count). The maximum Gasteiger partial charge on any atom is 0.246 e. The van der Waals surface area contributed by atoms with E-state index in [0.29, 0.717) is 33.1 Å². The minimum absolute atomic E-state index is 0.0710. The van der Waals surface area contributed by atoms with E-state index in [2.05, 4.69) is 0 Å². The van der Waals surface area contributed by atoms with Gasteiger partial charge in [0.05, 0.1) is 41.2 Å². The van der Waals surface area contributed by atoms with Crippen molar-refractivity contribution in [1.29, 1.82) is 0 Å². The van der Waals surface area contributed by atoms with E-state index in [-0.39, 0.29) is 48.5 Å². The lowest BCUT2D eigenvalue weighted by molar-refractivity contribution is -0.127. The molecule has 3 fully saturated rings. The molecule has 1 saturated carbocycles. The van der Waals surface area contributed by atoms with E-state index in [1.165, 1.54) is 22.8 Å². The van der Waals surface area contributed by atoms with Crippen LogP contribution in [0.4, 0.5) is 11.4 Å². The Morgan fingerprint density at radius 1 is 0.846 bits per heavy atom. The number of carbonyl (C=O) groups excluding carboxylic acids is 5. The molecule has 10 heteroatoms. The van der Waals surface area contributed by atoms with Crippen LogP contribution in [0.5, 0.6) is 11.5 Å². The van der Waals surface area contributed by atoms with Crippen molar-refractivity contribution >= 4 is 52.4 Å². The molecule has 6 atom stereocenters. The Hall–Kier alpha value is -5.54. The van der Waals surface area contributed by atoms with Crippen molar-refractivity contribution in [1.82, 2.24) is 0 Å². The van der Waals surface area contributed by atoms with Gasteiger partial charge in [0, 0.05) is 16.5 Å². The summed E-state index contributed by atoms with van der Waals surface area (Å²) in [6, 6.07) is 27.3. The molecule has 4 aliphatic rings. The Morgan fingerprint density at radius 3 is 2.29 bits per heavy atom. The van der Waals surface area contributed by atoms with Gasteiger partial charge in [0.1, 0.15) is 0 Å². The summed E-state index contributed by atoms with van der Waals surface area (Å²) in [7, 11) is 0. The van der Waals surface area contributed by atoms with E-state index in [1.807, 2.05) is 36.4 Å². The third-order valence-electron chi connectivity index (χ3n) is 11.3. The number of phenols is 1. The van der Waals surface area contributed by atoms with Crippen LogP contribution in [0.3, 0.4) is 0 Å². The number of hydrogen-bond donors (Lipinski definition) is 1. The number of fused-ring (bicyclic) bond motifs is 4. The number of hydrogen-bond acceptors (Lipinski definition) is 7. The van der Waals surface area contributed by atoms with E-state index >= 15 is 4.79 Å². The molecule has 2 saturated heterocycles. The molecule has 2 aliphatic heterocycles. The fourth-order valence-corrected chi connectivity index (χ4v) is 9.38. The summed E-state index contributed by atoms with van der Waals surface area (Å²) >= 11 is 6.40. The van der Waals surface area contributed by atoms with Gasteiger partial charge < -0.3 is 9.84 Å². The molecule has 2 aliphatic carbocycles. The minimum atomic E-state index is -1.45. The van der Waals surface area contributed by atoms with Crippen LogP contribution >= 0.6 is 11.6 Å². The summed E-state index contributed by atoms with van der Waals surface area (Å²) in [5.74, 6) is -5.26. The largest absolute Gasteiger partial charge is 0.504 e. The molecule has 4 aromatic rings. The summed E-state index contributed by atoms with van der Waals surface area (Å²) in [5, 5.41) is 11.1. The first kappa shape index (κ1) is 33.6. The Labute approximate surface area is 305 Å². The lowest BCUT2D eigenvalue weighted by Crippen LogP contribution is -2.53. The van der Waals surface area contributed by atoms with Crippen LogP contribution in [0.2, 0.25) is 5.02 Å². The predicted molar refractivity (Wildman–Crippen MR) is 194 cm³/mol. The third-order valence-corrected chi connectivity index (χ3v) is 11.6. The number of allylic oxidation sites excluding steroid dienone is 2. The number of imide groups is 2. The lowest BCUT2D eigenvalue weighted by atomic mass is 9.49. The van der Waals surface area contributed by atoms with Gasteiger partial charge in [-0.3, -0.25) is 28.9 Å². The van der Waals surface area contributed by atoms with Crippen molar-refractivity contribution in [2.45, 2.75) is 38.0 Å². The fraction of sp³-hybridized carbons (Fsp3) is 0.262. The quantitative estimate of drug-likeness (QED) is 0.124.